The molecule has 15 heavy (non-hydrogen) atoms. The summed E-state index contributed by atoms with van der Waals surface area (Å²) in [5.41, 5.74) is 5.15. The molecule has 1 saturated carbocycles. The summed E-state index contributed by atoms with van der Waals surface area (Å²) in [5, 5.41) is 8.96. The van der Waals surface area contributed by atoms with Crippen molar-refractivity contribution in [1.82, 2.24) is 4.90 Å². The minimum atomic E-state index is -0.787. The Morgan fingerprint density at radius 3 is 2.53 bits per heavy atom. The van der Waals surface area contributed by atoms with Gasteiger partial charge in [0, 0.05) is 12.6 Å². The van der Waals surface area contributed by atoms with E-state index in [4.69, 9.17) is 10.8 Å². The molecule has 1 amide bonds. The average Bonchev–Trinajstić information content (AvgIpc) is 2.13. The molecule has 3 N–H and O–H groups in total. The zero-order valence-corrected chi connectivity index (χ0v) is 9.70. The van der Waals surface area contributed by atoms with E-state index in [9.17, 15) is 4.79 Å². The standard InChI is InChI=1S/C11H22N2O2/c1-3-11(2,12)10(15)13(7-8-14)9-5-4-6-9/h9,14H,3-8,12H2,1-2H3. The number of rotatable bonds is 5. The van der Waals surface area contributed by atoms with Crippen molar-refractivity contribution in [2.75, 3.05) is 13.2 Å². The van der Waals surface area contributed by atoms with Crippen molar-refractivity contribution >= 4 is 5.91 Å². The number of nitrogens with zero attached hydrogens (tertiary/aromatic N) is 1. The molecule has 4 heteroatoms. The highest BCUT2D eigenvalue weighted by Gasteiger charge is 2.36. The first-order valence-electron chi connectivity index (χ1n) is 5.73. The molecule has 1 fully saturated rings. The number of carbonyl (C=O) groups is 1. The summed E-state index contributed by atoms with van der Waals surface area (Å²) < 4.78 is 0. The molecule has 4 nitrogen and oxygen atoms in total. The van der Waals surface area contributed by atoms with Gasteiger partial charge in [-0.25, -0.2) is 0 Å². The van der Waals surface area contributed by atoms with Gasteiger partial charge >= 0.3 is 0 Å². The fourth-order valence-electron chi connectivity index (χ4n) is 1.74. The second-order valence-corrected chi connectivity index (χ2v) is 4.58. The molecule has 1 rings (SSSR count). The summed E-state index contributed by atoms with van der Waals surface area (Å²) in [6, 6.07) is 0.305. The van der Waals surface area contributed by atoms with Crippen LogP contribution in [0, 0.1) is 0 Å². The zero-order valence-electron chi connectivity index (χ0n) is 9.70. The second-order valence-electron chi connectivity index (χ2n) is 4.58. The fraction of sp³-hybridized carbons (Fsp3) is 0.909. The van der Waals surface area contributed by atoms with Crippen LogP contribution in [0.1, 0.15) is 39.5 Å². The highest BCUT2D eigenvalue weighted by molar-refractivity contribution is 5.86. The number of amides is 1. The minimum absolute atomic E-state index is 0.0159. The number of hydrogen-bond acceptors (Lipinski definition) is 3. The number of carbonyl (C=O) groups excluding carboxylic acids is 1. The van der Waals surface area contributed by atoms with Crippen LogP contribution in [-0.2, 0) is 4.79 Å². The third kappa shape index (κ3) is 2.69. The average molecular weight is 214 g/mol. The Morgan fingerprint density at radius 2 is 2.20 bits per heavy atom. The van der Waals surface area contributed by atoms with Crippen LogP contribution in [0.5, 0.6) is 0 Å². The maximum Gasteiger partial charge on any atom is 0.242 e. The second kappa shape index (κ2) is 4.94. The fourth-order valence-corrected chi connectivity index (χ4v) is 1.74. The van der Waals surface area contributed by atoms with Crippen LogP contribution in [0.3, 0.4) is 0 Å². The van der Waals surface area contributed by atoms with E-state index in [2.05, 4.69) is 0 Å². The molecule has 0 aliphatic heterocycles. The van der Waals surface area contributed by atoms with Crippen molar-refractivity contribution in [3.05, 3.63) is 0 Å². The van der Waals surface area contributed by atoms with Crippen molar-refractivity contribution in [2.24, 2.45) is 5.73 Å². The summed E-state index contributed by atoms with van der Waals surface area (Å²) in [4.78, 5) is 13.9. The molecule has 88 valence electrons. The lowest BCUT2D eigenvalue weighted by atomic mass is 9.89. The van der Waals surface area contributed by atoms with Crippen molar-refractivity contribution in [3.63, 3.8) is 0 Å². The summed E-state index contributed by atoms with van der Waals surface area (Å²) >= 11 is 0. The molecule has 0 aromatic carbocycles. The van der Waals surface area contributed by atoms with Gasteiger partial charge in [0.05, 0.1) is 12.1 Å². The quantitative estimate of drug-likeness (QED) is 0.700. The summed E-state index contributed by atoms with van der Waals surface area (Å²) in [6.45, 7) is 4.10. The van der Waals surface area contributed by atoms with Gasteiger partial charge < -0.3 is 15.7 Å². The molecule has 0 aromatic heterocycles. The van der Waals surface area contributed by atoms with E-state index in [1.54, 1.807) is 11.8 Å². The molecule has 1 unspecified atom stereocenters. The minimum Gasteiger partial charge on any atom is -0.395 e. The predicted molar refractivity (Wildman–Crippen MR) is 59.3 cm³/mol. The first-order chi connectivity index (χ1) is 7.03. The van der Waals surface area contributed by atoms with E-state index >= 15 is 0 Å². The van der Waals surface area contributed by atoms with E-state index in [1.165, 1.54) is 6.42 Å². The van der Waals surface area contributed by atoms with Crippen molar-refractivity contribution in [1.29, 1.82) is 0 Å². The van der Waals surface area contributed by atoms with E-state index in [0.717, 1.165) is 12.8 Å². The van der Waals surface area contributed by atoms with Gasteiger partial charge in [-0.3, -0.25) is 4.79 Å². The molecular weight excluding hydrogens is 192 g/mol. The molecular formula is C11H22N2O2. The SMILES string of the molecule is CCC(C)(N)C(=O)N(CCO)C1CCC1. The maximum absolute atomic E-state index is 12.1. The van der Waals surface area contributed by atoms with Crippen LogP contribution in [0.15, 0.2) is 0 Å². The lowest BCUT2D eigenvalue weighted by molar-refractivity contribution is -0.141. The largest absolute Gasteiger partial charge is 0.395 e. The Morgan fingerprint density at radius 1 is 1.60 bits per heavy atom. The molecule has 0 bridgehead atoms. The molecule has 0 radical (unpaired) electrons. The van der Waals surface area contributed by atoms with E-state index < -0.39 is 5.54 Å². The van der Waals surface area contributed by atoms with Gasteiger partial charge in [0.15, 0.2) is 0 Å². The molecule has 0 spiro atoms. The van der Waals surface area contributed by atoms with E-state index in [-0.39, 0.29) is 12.5 Å². The van der Waals surface area contributed by atoms with Crippen LogP contribution in [0.2, 0.25) is 0 Å². The molecule has 0 aromatic rings. The molecule has 1 atom stereocenters. The van der Waals surface area contributed by atoms with E-state index in [1.807, 2.05) is 6.92 Å². The zero-order chi connectivity index (χ0) is 11.5. The van der Waals surface area contributed by atoms with Crippen LogP contribution in [0.4, 0.5) is 0 Å². The Hall–Kier alpha value is -0.610. The van der Waals surface area contributed by atoms with Gasteiger partial charge in [-0.2, -0.15) is 0 Å². The van der Waals surface area contributed by atoms with Crippen molar-refractivity contribution in [3.8, 4) is 0 Å². The lowest BCUT2D eigenvalue weighted by Crippen LogP contribution is -2.57. The summed E-state index contributed by atoms with van der Waals surface area (Å²) in [7, 11) is 0. The first kappa shape index (κ1) is 12.5. The van der Waals surface area contributed by atoms with Crippen molar-refractivity contribution < 1.29 is 9.90 Å². The smallest absolute Gasteiger partial charge is 0.242 e. The Labute approximate surface area is 91.4 Å². The van der Waals surface area contributed by atoms with Crippen LogP contribution >= 0.6 is 0 Å². The first-order valence-corrected chi connectivity index (χ1v) is 5.73. The molecule has 1 aliphatic rings. The third-order valence-corrected chi connectivity index (χ3v) is 3.34. The number of hydrogen-bond donors (Lipinski definition) is 2. The highest BCUT2D eigenvalue weighted by Crippen LogP contribution is 2.26. The highest BCUT2D eigenvalue weighted by atomic mass is 16.3. The summed E-state index contributed by atoms with van der Waals surface area (Å²) in [5.74, 6) is -0.0243. The van der Waals surface area contributed by atoms with E-state index in [0.29, 0.717) is 19.0 Å². The Balaban J connectivity index is 2.66. The predicted octanol–water partition coefficient (Wildman–Crippen LogP) is 0.487. The third-order valence-electron chi connectivity index (χ3n) is 3.34. The Kier molecular flexibility index (Phi) is 4.11. The van der Waals surface area contributed by atoms with Crippen molar-refractivity contribution in [2.45, 2.75) is 51.1 Å². The lowest BCUT2D eigenvalue weighted by Gasteiger charge is -2.41. The van der Waals surface area contributed by atoms with Gasteiger partial charge in [-0.15, -0.1) is 0 Å². The maximum atomic E-state index is 12.1. The monoisotopic (exact) mass is 214 g/mol. The Bertz CT molecular complexity index is 225. The number of aliphatic hydroxyl groups is 1. The van der Waals surface area contributed by atoms with Gasteiger partial charge in [0.1, 0.15) is 0 Å². The molecule has 0 heterocycles. The van der Waals surface area contributed by atoms with Gasteiger partial charge in [0.25, 0.3) is 0 Å². The van der Waals surface area contributed by atoms with Gasteiger partial charge in [-0.05, 0) is 32.6 Å². The topological polar surface area (TPSA) is 66.6 Å². The number of aliphatic hydroxyl groups excluding tert-OH is 1. The van der Waals surface area contributed by atoms with Gasteiger partial charge in [0.2, 0.25) is 5.91 Å². The normalized spacial score (nSPS) is 20.5. The number of nitrogens with two attached hydrogens (primary N) is 1. The molecule has 0 saturated heterocycles. The summed E-state index contributed by atoms with van der Waals surface area (Å²) in [6.07, 6.45) is 3.89. The van der Waals surface area contributed by atoms with Crippen LogP contribution < -0.4 is 5.73 Å². The van der Waals surface area contributed by atoms with Gasteiger partial charge in [-0.1, -0.05) is 6.92 Å². The molecule has 1 aliphatic carbocycles. The van der Waals surface area contributed by atoms with Crippen LogP contribution in [0.25, 0.3) is 0 Å². The van der Waals surface area contributed by atoms with Crippen LogP contribution in [-0.4, -0.2) is 40.6 Å².